The lowest BCUT2D eigenvalue weighted by atomic mass is 9.96. The van der Waals surface area contributed by atoms with E-state index in [4.69, 9.17) is 4.74 Å². The summed E-state index contributed by atoms with van der Waals surface area (Å²) in [6.07, 6.45) is 2.04. The van der Waals surface area contributed by atoms with Gasteiger partial charge in [-0.1, -0.05) is 0 Å². The Bertz CT molecular complexity index is 882. The first-order chi connectivity index (χ1) is 12.7. The van der Waals surface area contributed by atoms with Crippen molar-refractivity contribution < 1.29 is 26.4 Å². The number of piperidine rings is 1. The molecule has 3 rings (SSSR count). The second-order valence-electron chi connectivity index (χ2n) is 6.86. The number of sulfonamides is 1. The van der Waals surface area contributed by atoms with Crippen molar-refractivity contribution in [3.8, 4) is 0 Å². The fourth-order valence-electron chi connectivity index (χ4n) is 3.39. The van der Waals surface area contributed by atoms with Crippen LogP contribution in [-0.2, 0) is 29.4 Å². The number of nitrogens with zero attached hydrogens (tertiary/aromatic N) is 2. The van der Waals surface area contributed by atoms with Gasteiger partial charge in [0.05, 0.1) is 23.0 Å². The molecule has 1 aromatic rings. The second kappa shape index (κ2) is 7.86. The molecule has 2 heterocycles. The number of sulfone groups is 1. The lowest BCUT2D eigenvalue weighted by molar-refractivity contribution is -0.140. The van der Waals surface area contributed by atoms with Crippen LogP contribution >= 0.6 is 0 Å². The number of benzene rings is 1. The number of carbonyl (C=O) groups is 1. The maximum Gasteiger partial charge on any atom is 0.243 e. The summed E-state index contributed by atoms with van der Waals surface area (Å²) < 4.78 is 55.3. The van der Waals surface area contributed by atoms with E-state index in [0.29, 0.717) is 39.1 Å². The van der Waals surface area contributed by atoms with Gasteiger partial charge in [0, 0.05) is 38.4 Å². The number of morpholine rings is 1. The Hall–Kier alpha value is -1.49. The third kappa shape index (κ3) is 4.50. The molecule has 0 N–H and O–H groups in total. The first-order valence-corrected chi connectivity index (χ1v) is 12.2. The van der Waals surface area contributed by atoms with Gasteiger partial charge < -0.3 is 9.64 Å². The molecule has 0 spiro atoms. The molecule has 0 radical (unpaired) electrons. The van der Waals surface area contributed by atoms with Crippen LogP contribution in [0.2, 0.25) is 0 Å². The van der Waals surface area contributed by atoms with Crippen LogP contribution in [0.3, 0.4) is 0 Å². The van der Waals surface area contributed by atoms with Crippen LogP contribution in [0, 0.1) is 5.92 Å². The number of hydrogen-bond acceptors (Lipinski definition) is 6. The minimum absolute atomic E-state index is 0.0628. The molecule has 0 aromatic heterocycles. The third-order valence-corrected chi connectivity index (χ3v) is 8.06. The zero-order valence-electron chi connectivity index (χ0n) is 15.2. The van der Waals surface area contributed by atoms with Gasteiger partial charge in [0.1, 0.15) is 0 Å². The van der Waals surface area contributed by atoms with Crippen molar-refractivity contribution in [2.75, 3.05) is 45.6 Å². The van der Waals surface area contributed by atoms with Crippen LogP contribution in [-0.4, -0.2) is 77.6 Å². The number of rotatable bonds is 4. The summed E-state index contributed by atoms with van der Waals surface area (Å²) in [6, 6.07) is 5.24. The predicted molar refractivity (Wildman–Crippen MR) is 98.4 cm³/mol. The van der Waals surface area contributed by atoms with Gasteiger partial charge in [0.2, 0.25) is 15.9 Å². The van der Waals surface area contributed by atoms with Crippen LogP contribution in [0.25, 0.3) is 0 Å². The maximum atomic E-state index is 12.8. The van der Waals surface area contributed by atoms with Gasteiger partial charge in [0.25, 0.3) is 0 Å². The van der Waals surface area contributed by atoms with Gasteiger partial charge in [-0.15, -0.1) is 0 Å². The molecule has 2 aliphatic rings. The highest BCUT2D eigenvalue weighted by atomic mass is 32.2. The molecule has 0 unspecified atom stereocenters. The minimum Gasteiger partial charge on any atom is -0.378 e. The van der Waals surface area contributed by atoms with Gasteiger partial charge in [-0.2, -0.15) is 4.31 Å². The van der Waals surface area contributed by atoms with E-state index in [2.05, 4.69) is 0 Å². The predicted octanol–water partition coefficient (Wildman–Crippen LogP) is 0.350. The van der Waals surface area contributed by atoms with Crippen molar-refractivity contribution in [3.05, 3.63) is 24.3 Å². The minimum atomic E-state index is -3.70. The van der Waals surface area contributed by atoms with Gasteiger partial charge in [-0.25, -0.2) is 16.8 Å². The van der Waals surface area contributed by atoms with Crippen LogP contribution < -0.4 is 0 Å². The molecule has 0 atom stereocenters. The molecular formula is C17H24N2O6S2. The molecule has 150 valence electrons. The smallest absolute Gasteiger partial charge is 0.243 e. The number of carbonyl (C=O) groups excluding carboxylic acids is 1. The fraction of sp³-hybridized carbons (Fsp3) is 0.588. The fourth-order valence-corrected chi connectivity index (χ4v) is 5.49. The quantitative estimate of drug-likeness (QED) is 0.702. The SMILES string of the molecule is CS(=O)(=O)c1ccc(S(=O)(=O)N2CCC(C(=O)N3CCOCC3)CC2)cc1. The molecule has 10 heteroatoms. The van der Waals surface area contributed by atoms with Crippen molar-refractivity contribution in [2.24, 2.45) is 5.92 Å². The summed E-state index contributed by atoms with van der Waals surface area (Å²) in [5.41, 5.74) is 0. The molecule has 0 bridgehead atoms. The van der Waals surface area contributed by atoms with E-state index in [1.165, 1.54) is 28.6 Å². The molecule has 0 saturated carbocycles. The van der Waals surface area contributed by atoms with Crippen molar-refractivity contribution in [1.82, 2.24) is 9.21 Å². The average Bonchev–Trinajstić information content (AvgIpc) is 2.67. The summed E-state index contributed by atoms with van der Waals surface area (Å²) in [4.78, 5) is 14.5. The molecule has 2 fully saturated rings. The topological polar surface area (TPSA) is 101 Å². The molecule has 1 aromatic carbocycles. The Morgan fingerprint density at radius 1 is 0.926 bits per heavy atom. The molecule has 2 saturated heterocycles. The molecule has 0 aliphatic carbocycles. The third-order valence-electron chi connectivity index (χ3n) is 5.02. The van der Waals surface area contributed by atoms with Crippen LogP contribution in [0.15, 0.2) is 34.1 Å². The molecule has 8 nitrogen and oxygen atoms in total. The van der Waals surface area contributed by atoms with Crippen molar-refractivity contribution in [3.63, 3.8) is 0 Å². The first-order valence-electron chi connectivity index (χ1n) is 8.86. The molecule has 27 heavy (non-hydrogen) atoms. The second-order valence-corrected chi connectivity index (χ2v) is 10.8. The Kier molecular flexibility index (Phi) is 5.90. The lowest BCUT2D eigenvalue weighted by Gasteiger charge is -2.35. The Morgan fingerprint density at radius 2 is 1.44 bits per heavy atom. The Balaban J connectivity index is 1.65. The largest absolute Gasteiger partial charge is 0.378 e. The van der Waals surface area contributed by atoms with E-state index in [9.17, 15) is 21.6 Å². The zero-order chi connectivity index (χ0) is 19.7. The molecule has 2 aliphatic heterocycles. The van der Waals surface area contributed by atoms with E-state index in [-0.39, 0.29) is 34.7 Å². The van der Waals surface area contributed by atoms with E-state index >= 15 is 0 Å². The van der Waals surface area contributed by atoms with E-state index in [1.807, 2.05) is 0 Å². The summed E-state index contributed by atoms with van der Waals surface area (Å²) >= 11 is 0. The van der Waals surface area contributed by atoms with Crippen molar-refractivity contribution in [1.29, 1.82) is 0 Å². The number of hydrogen-bond donors (Lipinski definition) is 0. The van der Waals surface area contributed by atoms with Crippen LogP contribution in [0.4, 0.5) is 0 Å². The number of amides is 1. The summed E-state index contributed by atoms with van der Waals surface area (Å²) in [5, 5.41) is 0. The zero-order valence-corrected chi connectivity index (χ0v) is 16.8. The van der Waals surface area contributed by atoms with Crippen molar-refractivity contribution in [2.45, 2.75) is 22.6 Å². The van der Waals surface area contributed by atoms with Crippen molar-refractivity contribution >= 4 is 25.8 Å². The highest BCUT2D eigenvalue weighted by Crippen LogP contribution is 2.26. The van der Waals surface area contributed by atoms with Gasteiger partial charge in [-0.05, 0) is 37.1 Å². The summed E-state index contributed by atoms with van der Waals surface area (Å²) in [7, 11) is -7.08. The first kappa shape index (κ1) is 20.2. The Morgan fingerprint density at radius 3 is 1.96 bits per heavy atom. The Labute approximate surface area is 160 Å². The highest BCUT2D eigenvalue weighted by Gasteiger charge is 2.34. The molecule has 1 amide bonds. The van der Waals surface area contributed by atoms with E-state index < -0.39 is 19.9 Å². The average molecular weight is 417 g/mol. The summed E-state index contributed by atoms with van der Waals surface area (Å²) in [5.74, 6) is -0.0880. The lowest BCUT2D eigenvalue weighted by Crippen LogP contribution is -2.47. The van der Waals surface area contributed by atoms with Gasteiger partial charge in [-0.3, -0.25) is 4.79 Å². The van der Waals surface area contributed by atoms with Gasteiger partial charge in [0.15, 0.2) is 9.84 Å². The highest BCUT2D eigenvalue weighted by molar-refractivity contribution is 7.90. The van der Waals surface area contributed by atoms with Gasteiger partial charge >= 0.3 is 0 Å². The standard InChI is InChI=1S/C17H24N2O6S2/c1-26(21,22)15-2-4-16(5-3-15)27(23,24)19-8-6-14(7-9-19)17(20)18-10-12-25-13-11-18/h2-5,14H,6-13H2,1H3. The van der Waals surface area contributed by atoms with Crippen LogP contribution in [0.5, 0.6) is 0 Å². The normalized spacial score (nSPS) is 20.6. The van der Waals surface area contributed by atoms with E-state index in [1.54, 1.807) is 4.90 Å². The summed E-state index contributed by atoms with van der Waals surface area (Å²) in [6.45, 7) is 2.81. The molecular weight excluding hydrogens is 392 g/mol. The van der Waals surface area contributed by atoms with E-state index in [0.717, 1.165) is 6.26 Å². The number of ether oxygens (including phenoxy) is 1. The monoisotopic (exact) mass is 416 g/mol. The van der Waals surface area contributed by atoms with Crippen LogP contribution in [0.1, 0.15) is 12.8 Å². The maximum absolute atomic E-state index is 12.8.